The van der Waals surface area contributed by atoms with E-state index in [0.717, 1.165) is 25.2 Å². The first kappa shape index (κ1) is 12.9. The van der Waals surface area contributed by atoms with Gasteiger partial charge in [-0.2, -0.15) is 0 Å². The van der Waals surface area contributed by atoms with Gasteiger partial charge in [0.1, 0.15) is 0 Å². The standard InChI is InChI=1S/C13H21N5/c1-18-9-5-8-12(10-18)16-13(17-14)15-11-6-3-2-4-7-11/h2-4,6-7,12H,5,8-10,14H2,1H3,(H2,15,16,17). The van der Waals surface area contributed by atoms with Crippen molar-refractivity contribution in [2.45, 2.75) is 18.9 Å². The lowest BCUT2D eigenvalue weighted by Gasteiger charge is -2.27. The van der Waals surface area contributed by atoms with E-state index < -0.39 is 0 Å². The number of hydrazine groups is 1. The second-order valence-electron chi connectivity index (χ2n) is 4.67. The molecule has 0 radical (unpaired) electrons. The molecule has 1 saturated heterocycles. The van der Waals surface area contributed by atoms with Crippen LogP contribution in [0.15, 0.2) is 35.3 Å². The Balaban J connectivity index is 1.99. The van der Waals surface area contributed by atoms with Crippen molar-refractivity contribution in [3.05, 3.63) is 30.3 Å². The number of aliphatic imine (C=N–C) groups is 1. The van der Waals surface area contributed by atoms with Gasteiger partial charge in [-0.1, -0.05) is 18.2 Å². The number of likely N-dealkylation sites (N-methyl/N-ethyl adjacent to an activating group) is 1. The number of likely N-dealkylation sites (tertiary alicyclic amines) is 1. The number of piperidine rings is 1. The van der Waals surface area contributed by atoms with Crippen LogP contribution in [0.25, 0.3) is 0 Å². The zero-order valence-corrected chi connectivity index (χ0v) is 10.8. The van der Waals surface area contributed by atoms with E-state index in [-0.39, 0.29) is 0 Å². The molecule has 0 aliphatic carbocycles. The first-order valence-electron chi connectivity index (χ1n) is 6.33. The predicted octanol–water partition coefficient (Wildman–Crippen LogP) is 1.01. The van der Waals surface area contributed by atoms with E-state index in [4.69, 9.17) is 5.84 Å². The molecule has 1 aromatic carbocycles. The Morgan fingerprint density at radius 1 is 1.39 bits per heavy atom. The topological polar surface area (TPSA) is 65.7 Å². The van der Waals surface area contributed by atoms with E-state index in [9.17, 15) is 0 Å². The van der Waals surface area contributed by atoms with Gasteiger partial charge in [0.05, 0.1) is 6.04 Å². The average molecular weight is 247 g/mol. The summed E-state index contributed by atoms with van der Waals surface area (Å²) < 4.78 is 0. The third-order valence-corrected chi connectivity index (χ3v) is 3.08. The van der Waals surface area contributed by atoms with Crippen LogP contribution in [0, 0.1) is 0 Å². The van der Waals surface area contributed by atoms with E-state index in [0.29, 0.717) is 12.0 Å². The van der Waals surface area contributed by atoms with Crippen LogP contribution in [-0.2, 0) is 0 Å². The van der Waals surface area contributed by atoms with Crippen molar-refractivity contribution < 1.29 is 0 Å². The van der Waals surface area contributed by atoms with Gasteiger partial charge in [-0.05, 0) is 38.6 Å². The minimum absolute atomic E-state index is 0.311. The largest absolute Gasteiger partial charge is 0.325 e. The lowest BCUT2D eigenvalue weighted by atomic mass is 10.1. The summed E-state index contributed by atoms with van der Waals surface area (Å²) >= 11 is 0. The van der Waals surface area contributed by atoms with E-state index in [2.05, 4.69) is 27.7 Å². The van der Waals surface area contributed by atoms with Gasteiger partial charge in [-0.25, -0.2) is 10.8 Å². The summed E-state index contributed by atoms with van der Waals surface area (Å²) in [5.74, 6) is 6.14. The van der Waals surface area contributed by atoms with E-state index in [1.54, 1.807) is 0 Å². The number of nitrogens with zero attached hydrogens (tertiary/aromatic N) is 2. The first-order valence-corrected chi connectivity index (χ1v) is 6.33. The van der Waals surface area contributed by atoms with Gasteiger partial charge in [0.15, 0.2) is 0 Å². The molecule has 1 aliphatic rings. The van der Waals surface area contributed by atoms with Crippen molar-refractivity contribution in [3.63, 3.8) is 0 Å². The summed E-state index contributed by atoms with van der Waals surface area (Å²) in [6.45, 7) is 2.14. The third-order valence-electron chi connectivity index (χ3n) is 3.08. The molecule has 5 heteroatoms. The van der Waals surface area contributed by atoms with Crippen LogP contribution < -0.4 is 16.6 Å². The van der Waals surface area contributed by atoms with Crippen LogP contribution in [0.1, 0.15) is 12.8 Å². The Labute approximate surface area is 108 Å². The van der Waals surface area contributed by atoms with Gasteiger partial charge in [0.2, 0.25) is 5.96 Å². The molecule has 0 spiro atoms. The number of rotatable bonds is 2. The Bertz CT molecular complexity index is 390. The molecule has 0 aromatic heterocycles. The zero-order chi connectivity index (χ0) is 12.8. The molecule has 1 aromatic rings. The maximum absolute atomic E-state index is 5.52. The normalized spacial score (nSPS) is 21.7. The maximum Gasteiger partial charge on any atom is 0.210 e. The summed E-state index contributed by atoms with van der Waals surface area (Å²) in [5, 5.41) is 3.19. The van der Waals surface area contributed by atoms with Crippen molar-refractivity contribution in [2.24, 2.45) is 10.8 Å². The van der Waals surface area contributed by atoms with Crippen molar-refractivity contribution in [3.8, 4) is 0 Å². The fourth-order valence-corrected chi connectivity index (χ4v) is 2.19. The highest BCUT2D eigenvalue weighted by atomic mass is 15.3. The van der Waals surface area contributed by atoms with Crippen molar-refractivity contribution in [1.82, 2.24) is 10.3 Å². The van der Waals surface area contributed by atoms with E-state index >= 15 is 0 Å². The number of hydrogen-bond acceptors (Lipinski definition) is 3. The number of nitrogens with one attached hydrogen (secondary N) is 2. The molecule has 0 amide bonds. The quantitative estimate of drug-likeness (QED) is 0.316. The molecule has 1 unspecified atom stereocenters. The summed E-state index contributed by atoms with van der Waals surface area (Å²) in [6, 6.07) is 10.2. The Morgan fingerprint density at radius 2 is 2.17 bits per heavy atom. The van der Waals surface area contributed by atoms with Gasteiger partial charge in [0.25, 0.3) is 0 Å². The molecule has 4 N–H and O–H groups in total. The molecule has 1 atom stereocenters. The predicted molar refractivity (Wildman–Crippen MR) is 75.3 cm³/mol. The van der Waals surface area contributed by atoms with Crippen LogP contribution in [0.2, 0.25) is 0 Å². The van der Waals surface area contributed by atoms with Crippen molar-refractivity contribution in [1.29, 1.82) is 0 Å². The second-order valence-corrected chi connectivity index (χ2v) is 4.67. The fraction of sp³-hybridized carbons (Fsp3) is 0.462. The van der Waals surface area contributed by atoms with Crippen LogP contribution in [0.4, 0.5) is 5.69 Å². The zero-order valence-electron chi connectivity index (χ0n) is 10.8. The minimum atomic E-state index is 0.311. The van der Waals surface area contributed by atoms with Crippen molar-refractivity contribution >= 4 is 11.6 Å². The summed E-state index contributed by atoms with van der Waals surface area (Å²) in [5.41, 5.74) is 3.62. The highest BCUT2D eigenvalue weighted by Crippen LogP contribution is 2.12. The molecule has 1 fully saturated rings. The van der Waals surface area contributed by atoms with E-state index in [1.165, 1.54) is 6.42 Å². The molecule has 18 heavy (non-hydrogen) atoms. The summed E-state index contributed by atoms with van der Waals surface area (Å²) in [6.07, 6.45) is 2.31. The van der Waals surface area contributed by atoms with Gasteiger partial charge in [0, 0.05) is 12.2 Å². The van der Waals surface area contributed by atoms with Gasteiger partial charge in [-0.3, -0.25) is 5.43 Å². The fourth-order valence-electron chi connectivity index (χ4n) is 2.19. The molecule has 1 aliphatic heterocycles. The maximum atomic E-state index is 5.52. The Kier molecular flexibility index (Phi) is 4.55. The molecule has 1 heterocycles. The Hall–Kier alpha value is -1.59. The highest BCUT2D eigenvalue weighted by Gasteiger charge is 2.16. The monoisotopic (exact) mass is 247 g/mol. The number of hydrogen-bond donors (Lipinski definition) is 3. The summed E-state index contributed by atoms with van der Waals surface area (Å²) in [7, 11) is 2.13. The average Bonchev–Trinajstić information content (AvgIpc) is 2.39. The number of nitrogens with two attached hydrogens (primary N) is 1. The van der Waals surface area contributed by atoms with Gasteiger partial charge >= 0.3 is 0 Å². The molecular weight excluding hydrogens is 226 g/mol. The lowest BCUT2D eigenvalue weighted by Crippen LogP contribution is -2.40. The molecule has 98 valence electrons. The van der Waals surface area contributed by atoms with Crippen LogP contribution in [0.3, 0.4) is 0 Å². The first-order chi connectivity index (χ1) is 8.78. The molecule has 5 nitrogen and oxygen atoms in total. The number of benzene rings is 1. The minimum Gasteiger partial charge on any atom is -0.325 e. The van der Waals surface area contributed by atoms with Crippen LogP contribution in [0.5, 0.6) is 0 Å². The number of anilines is 1. The van der Waals surface area contributed by atoms with Crippen LogP contribution in [-0.4, -0.2) is 37.0 Å². The number of para-hydroxylation sites is 1. The van der Waals surface area contributed by atoms with Gasteiger partial charge in [-0.15, -0.1) is 0 Å². The number of guanidine groups is 1. The molecule has 0 bridgehead atoms. The summed E-state index contributed by atoms with van der Waals surface area (Å²) in [4.78, 5) is 6.93. The lowest BCUT2D eigenvalue weighted by molar-refractivity contribution is 0.252. The van der Waals surface area contributed by atoms with Crippen LogP contribution >= 0.6 is 0 Å². The van der Waals surface area contributed by atoms with E-state index in [1.807, 2.05) is 30.3 Å². The molecule has 0 saturated carbocycles. The smallest absolute Gasteiger partial charge is 0.210 e. The molecular formula is C13H21N5. The third kappa shape index (κ3) is 3.72. The molecule has 2 rings (SSSR count). The SMILES string of the molecule is CN1CCCC(N=C(NN)Nc2ccccc2)C1. The Morgan fingerprint density at radius 3 is 2.83 bits per heavy atom. The highest BCUT2D eigenvalue weighted by molar-refractivity contribution is 5.93. The van der Waals surface area contributed by atoms with Crippen molar-refractivity contribution in [2.75, 3.05) is 25.5 Å². The van der Waals surface area contributed by atoms with Gasteiger partial charge < -0.3 is 10.2 Å². The second kappa shape index (κ2) is 6.37.